The minimum Gasteiger partial charge on any atom is -0.398 e. The van der Waals surface area contributed by atoms with Crippen LogP contribution < -0.4 is 11.1 Å². The largest absolute Gasteiger partial charge is 0.398 e. The Labute approximate surface area is 96.4 Å². The number of hydrogen-bond donors (Lipinski definition) is 3. The summed E-state index contributed by atoms with van der Waals surface area (Å²) in [6, 6.07) is 7.84. The monoisotopic (exact) mass is 224 g/mol. The summed E-state index contributed by atoms with van der Waals surface area (Å²) in [6.45, 7) is 2.86. The number of ether oxygens (including phenoxy) is 1. The molecule has 4 nitrogen and oxygen atoms in total. The third-order valence-electron chi connectivity index (χ3n) is 2.25. The van der Waals surface area contributed by atoms with Crippen LogP contribution in [0, 0.1) is 0 Å². The van der Waals surface area contributed by atoms with Crippen LogP contribution in [0.2, 0.25) is 0 Å². The molecule has 0 atom stereocenters. The first-order chi connectivity index (χ1) is 7.84. The van der Waals surface area contributed by atoms with Crippen molar-refractivity contribution in [2.75, 3.05) is 32.1 Å². The van der Waals surface area contributed by atoms with Crippen molar-refractivity contribution in [2.24, 2.45) is 0 Å². The average molecular weight is 224 g/mol. The van der Waals surface area contributed by atoms with Crippen LogP contribution in [0.25, 0.3) is 0 Å². The number of nitrogens with one attached hydrogen (secondary N) is 1. The highest BCUT2D eigenvalue weighted by Crippen LogP contribution is 2.09. The highest BCUT2D eigenvalue weighted by Gasteiger charge is 1.96. The van der Waals surface area contributed by atoms with E-state index in [9.17, 15) is 0 Å². The first kappa shape index (κ1) is 13.0. The van der Waals surface area contributed by atoms with Gasteiger partial charge in [0.1, 0.15) is 0 Å². The summed E-state index contributed by atoms with van der Waals surface area (Å²) in [5.74, 6) is 0. The van der Waals surface area contributed by atoms with E-state index in [0.717, 1.165) is 30.8 Å². The van der Waals surface area contributed by atoms with Gasteiger partial charge >= 0.3 is 0 Å². The fourth-order valence-electron chi connectivity index (χ4n) is 1.38. The maximum Gasteiger partial charge on any atom is 0.0697 e. The molecule has 4 N–H and O–H groups in total. The standard InChI is InChI=1S/C12H20N2O2/c13-12-5-2-1-4-11(12)10-14-6-3-8-16-9-7-15/h1-2,4-5,14-15H,3,6-10,13H2. The molecule has 0 aliphatic rings. The summed E-state index contributed by atoms with van der Waals surface area (Å²) >= 11 is 0. The molecule has 0 fully saturated rings. The Hall–Kier alpha value is -1.10. The molecule has 16 heavy (non-hydrogen) atoms. The van der Waals surface area contributed by atoms with Crippen LogP contribution in [0.4, 0.5) is 5.69 Å². The van der Waals surface area contributed by atoms with Crippen LogP contribution >= 0.6 is 0 Å². The molecule has 1 aromatic rings. The number of rotatable bonds is 8. The van der Waals surface area contributed by atoms with Crippen LogP contribution in [0.15, 0.2) is 24.3 Å². The lowest BCUT2D eigenvalue weighted by Crippen LogP contribution is -2.17. The predicted molar refractivity (Wildman–Crippen MR) is 65.1 cm³/mol. The third kappa shape index (κ3) is 5.11. The van der Waals surface area contributed by atoms with Crippen LogP contribution in [-0.2, 0) is 11.3 Å². The Morgan fingerprint density at radius 2 is 2.06 bits per heavy atom. The molecule has 0 unspecified atom stereocenters. The van der Waals surface area contributed by atoms with Crippen molar-refractivity contribution in [3.63, 3.8) is 0 Å². The van der Waals surface area contributed by atoms with E-state index in [4.69, 9.17) is 15.6 Å². The quantitative estimate of drug-likeness (QED) is 0.450. The smallest absolute Gasteiger partial charge is 0.0697 e. The van der Waals surface area contributed by atoms with E-state index in [1.54, 1.807) is 0 Å². The van der Waals surface area contributed by atoms with Gasteiger partial charge in [-0.1, -0.05) is 18.2 Å². The van der Waals surface area contributed by atoms with Gasteiger partial charge in [-0.2, -0.15) is 0 Å². The van der Waals surface area contributed by atoms with Gasteiger partial charge in [0.2, 0.25) is 0 Å². The van der Waals surface area contributed by atoms with Crippen LogP contribution in [-0.4, -0.2) is 31.5 Å². The SMILES string of the molecule is Nc1ccccc1CNCCCOCCO. The minimum absolute atomic E-state index is 0.0912. The first-order valence-corrected chi connectivity index (χ1v) is 5.57. The van der Waals surface area contributed by atoms with Crippen molar-refractivity contribution < 1.29 is 9.84 Å². The molecule has 0 amide bonds. The van der Waals surface area contributed by atoms with E-state index in [1.165, 1.54) is 0 Å². The Morgan fingerprint density at radius 3 is 2.81 bits per heavy atom. The fraction of sp³-hybridized carbons (Fsp3) is 0.500. The number of para-hydroxylation sites is 1. The summed E-state index contributed by atoms with van der Waals surface area (Å²) in [4.78, 5) is 0. The summed E-state index contributed by atoms with van der Waals surface area (Å²) in [6.07, 6.45) is 0.937. The summed E-state index contributed by atoms with van der Waals surface area (Å²) in [7, 11) is 0. The van der Waals surface area contributed by atoms with Crippen LogP contribution in [0.5, 0.6) is 0 Å². The van der Waals surface area contributed by atoms with Crippen LogP contribution in [0.3, 0.4) is 0 Å². The molecule has 0 aliphatic carbocycles. The van der Waals surface area contributed by atoms with Crippen molar-refractivity contribution in [3.05, 3.63) is 29.8 Å². The molecule has 0 radical (unpaired) electrons. The molecule has 0 spiro atoms. The van der Waals surface area contributed by atoms with Crippen LogP contribution in [0.1, 0.15) is 12.0 Å². The average Bonchev–Trinajstić information content (AvgIpc) is 2.30. The van der Waals surface area contributed by atoms with E-state index in [1.807, 2.05) is 24.3 Å². The maximum absolute atomic E-state index is 8.49. The molecular weight excluding hydrogens is 204 g/mol. The topological polar surface area (TPSA) is 67.5 Å². The second-order valence-corrected chi connectivity index (χ2v) is 3.57. The van der Waals surface area contributed by atoms with Gasteiger partial charge in [-0.05, 0) is 24.6 Å². The van der Waals surface area contributed by atoms with Gasteiger partial charge in [-0.3, -0.25) is 0 Å². The van der Waals surface area contributed by atoms with Gasteiger partial charge in [-0.15, -0.1) is 0 Å². The van der Waals surface area contributed by atoms with Gasteiger partial charge in [0.25, 0.3) is 0 Å². The van der Waals surface area contributed by atoms with Crippen molar-refractivity contribution in [2.45, 2.75) is 13.0 Å². The van der Waals surface area contributed by atoms with Gasteiger partial charge < -0.3 is 20.9 Å². The lowest BCUT2D eigenvalue weighted by atomic mass is 10.2. The molecule has 90 valence electrons. The molecule has 0 heterocycles. The Balaban J connectivity index is 2.05. The predicted octanol–water partition coefficient (Wildman–Crippen LogP) is 0.757. The number of nitrogen functional groups attached to an aromatic ring is 1. The zero-order valence-corrected chi connectivity index (χ0v) is 9.48. The first-order valence-electron chi connectivity index (χ1n) is 5.57. The molecule has 1 aromatic carbocycles. The Kier molecular flexibility index (Phi) is 6.56. The van der Waals surface area contributed by atoms with Gasteiger partial charge in [0.05, 0.1) is 13.2 Å². The summed E-state index contributed by atoms with van der Waals surface area (Å²) in [5.41, 5.74) is 7.76. The lowest BCUT2D eigenvalue weighted by Gasteiger charge is -2.07. The van der Waals surface area contributed by atoms with E-state index >= 15 is 0 Å². The zero-order chi connectivity index (χ0) is 11.6. The highest BCUT2D eigenvalue weighted by atomic mass is 16.5. The molecule has 0 bridgehead atoms. The highest BCUT2D eigenvalue weighted by molar-refractivity contribution is 5.46. The number of aliphatic hydroxyl groups is 1. The Bertz CT molecular complexity index is 292. The number of benzene rings is 1. The summed E-state index contributed by atoms with van der Waals surface area (Å²) < 4.78 is 5.14. The van der Waals surface area contributed by atoms with E-state index in [2.05, 4.69) is 5.32 Å². The van der Waals surface area contributed by atoms with Crippen molar-refractivity contribution >= 4 is 5.69 Å². The van der Waals surface area contributed by atoms with E-state index < -0.39 is 0 Å². The molecular formula is C12H20N2O2. The number of nitrogens with two attached hydrogens (primary N) is 1. The molecule has 0 saturated carbocycles. The van der Waals surface area contributed by atoms with Crippen molar-refractivity contribution in [1.29, 1.82) is 0 Å². The Morgan fingerprint density at radius 1 is 1.25 bits per heavy atom. The second kappa shape index (κ2) is 8.10. The minimum atomic E-state index is 0.0912. The molecule has 1 rings (SSSR count). The van der Waals surface area contributed by atoms with Crippen molar-refractivity contribution in [3.8, 4) is 0 Å². The maximum atomic E-state index is 8.49. The van der Waals surface area contributed by atoms with Crippen molar-refractivity contribution in [1.82, 2.24) is 5.32 Å². The van der Waals surface area contributed by atoms with Gasteiger partial charge in [-0.25, -0.2) is 0 Å². The van der Waals surface area contributed by atoms with Gasteiger partial charge in [0.15, 0.2) is 0 Å². The molecule has 4 heteroatoms. The fourth-order valence-corrected chi connectivity index (χ4v) is 1.38. The van der Waals surface area contributed by atoms with E-state index in [0.29, 0.717) is 13.2 Å². The summed E-state index contributed by atoms with van der Waals surface area (Å²) in [5, 5.41) is 11.8. The van der Waals surface area contributed by atoms with E-state index in [-0.39, 0.29) is 6.61 Å². The zero-order valence-electron chi connectivity index (χ0n) is 9.48. The molecule has 0 saturated heterocycles. The third-order valence-corrected chi connectivity index (χ3v) is 2.25. The molecule has 0 aromatic heterocycles. The number of anilines is 1. The normalized spacial score (nSPS) is 10.6. The van der Waals surface area contributed by atoms with Gasteiger partial charge in [0, 0.05) is 18.8 Å². The molecule has 0 aliphatic heterocycles. The lowest BCUT2D eigenvalue weighted by molar-refractivity contribution is 0.0907. The number of hydrogen-bond acceptors (Lipinski definition) is 4. The number of aliphatic hydroxyl groups excluding tert-OH is 1. The second-order valence-electron chi connectivity index (χ2n) is 3.57.